The first-order valence-corrected chi connectivity index (χ1v) is 10.6. The first-order chi connectivity index (χ1) is 15.7. The Morgan fingerprint density at radius 2 is 1.82 bits per heavy atom. The number of benzene rings is 2. The maximum absolute atomic E-state index is 13.5. The van der Waals surface area contributed by atoms with Crippen LogP contribution in [0.5, 0.6) is 0 Å². The van der Waals surface area contributed by atoms with Gasteiger partial charge in [0.1, 0.15) is 0 Å². The molecule has 2 aromatic carbocycles. The topological polar surface area (TPSA) is 67.2 Å². The molecule has 0 bridgehead atoms. The zero-order valence-electron chi connectivity index (χ0n) is 18.0. The fourth-order valence-corrected chi connectivity index (χ4v) is 4.04. The molecular formula is C24H23F3N4O2. The van der Waals surface area contributed by atoms with Crippen molar-refractivity contribution in [1.29, 1.82) is 0 Å². The van der Waals surface area contributed by atoms with Gasteiger partial charge in [-0.2, -0.15) is 18.3 Å². The van der Waals surface area contributed by atoms with E-state index in [1.165, 1.54) is 25.1 Å². The van der Waals surface area contributed by atoms with Crippen molar-refractivity contribution in [1.82, 2.24) is 20.0 Å². The Balaban J connectivity index is 1.53. The number of para-hydroxylation sites is 1. The molecule has 1 aliphatic heterocycles. The number of nitrogens with one attached hydrogen (secondary N) is 1. The summed E-state index contributed by atoms with van der Waals surface area (Å²) in [6.07, 6.45) is -3.90. The molecular weight excluding hydrogens is 433 g/mol. The van der Waals surface area contributed by atoms with Crippen molar-refractivity contribution in [2.75, 3.05) is 13.1 Å². The fraction of sp³-hybridized carbons (Fsp3) is 0.292. The van der Waals surface area contributed by atoms with E-state index in [1.54, 1.807) is 0 Å². The van der Waals surface area contributed by atoms with E-state index in [-0.39, 0.29) is 17.4 Å². The van der Waals surface area contributed by atoms with Crippen molar-refractivity contribution in [3.8, 4) is 5.69 Å². The van der Waals surface area contributed by atoms with Crippen LogP contribution < -0.4 is 10.7 Å². The summed E-state index contributed by atoms with van der Waals surface area (Å²) in [6, 6.07) is 15.8. The minimum absolute atomic E-state index is 0.181. The van der Waals surface area contributed by atoms with Gasteiger partial charge in [-0.1, -0.05) is 42.5 Å². The van der Waals surface area contributed by atoms with E-state index in [0.717, 1.165) is 35.5 Å². The summed E-state index contributed by atoms with van der Waals surface area (Å²) in [5.74, 6) is -0.690. The summed E-state index contributed by atoms with van der Waals surface area (Å²) < 4.78 is 41.4. The Morgan fingerprint density at radius 1 is 1.12 bits per heavy atom. The van der Waals surface area contributed by atoms with Gasteiger partial charge in [-0.25, -0.2) is 4.68 Å². The van der Waals surface area contributed by atoms with E-state index in [4.69, 9.17) is 0 Å². The Morgan fingerprint density at radius 3 is 2.55 bits per heavy atom. The number of alkyl halides is 3. The lowest BCUT2D eigenvalue weighted by Gasteiger charge is -2.18. The lowest BCUT2D eigenvalue weighted by molar-refractivity contribution is -0.137. The van der Waals surface area contributed by atoms with E-state index in [0.29, 0.717) is 13.0 Å². The molecule has 0 aliphatic carbocycles. The second-order valence-electron chi connectivity index (χ2n) is 8.11. The molecule has 1 saturated heterocycles. The molecule has 2 heterocycles. The van der Waals surface area contributed by atoms with Gasteiger partial charge in [0.2, 0.25) is 5.43 Å². The predicted molar refractivity (Wildman–Crippen MR) is 117 cm³/mol. The lowest BCUT2D eigenvalue weighted by Crippen LogP contribution is -2.40. The number of carbonyl (C=O) groups excluding carboxylic acids is 1. The number of halogens is 3. The molecule has 1 aromatic heterocycles. The van der Waals surface area contributed by atoms with Gasteiger partial charge in [0, 0.05) is 37.4 Å². The van der Waals surface area contributed by atoms with Gasteiger partial charge in [0.25, 0.3) is 5.91 Å². The number of hydrogen-bond acceptors (Lipinski definition) is 4. The van der Waals surface area contributed by atoms with Crippen molar-refractivity contribution in [3.05, 3.63) is 93.4 Å². The van der Waals surface area contributed by atoms with Crippen LogP contribution in [0.1, 0.15) is 33.7 Å². The molecule has 0 unspecified atom stereocenters. The lowest BCUT2D eigenvalue weighted by atomic mass is 10.1. The number of aromatic nitrogens is 2. The Kier molecular flexibility index (Phi) is 6.33. The summed E-state index contributed by atoms with van der Waals surface area (Å²) >= 11 is 0. The Hall–Kier alpha value is -3.46. The molecule has 0 spiro atoms. The number of carbonyl (C=O) groups is 1. The third-order valence-electron chi connectivity index (χ3n) is 5.62. The average Bonchev–Trinajstić information content (AvgIpc) is 3.20. The van der Waals surface area contributed by atoms with Gasteiger partial charge in [0.15, 0.2) is 5.69 Å². The van der Waals surface area contributed by atoms with Gasteiger partial charge in [0.05, 0.1) is 11.3 Å². The number of nitrogens with zero attached hydrogens (tertiary/aromatic N) is 3. The van der Waals surface area contributed by atoms with Crippen molar-refractivity contribution < 1.29 is 18.0 Å². The van der Waals surface area contributed by atoms with Crippen LogP contribution >= 0.6 is 0 Å². The molecule has 1 aliphatic rings. The largest absolute Gasteiger partial charge is 0.418 e. The molecule has 0 saturated carbocycles. The van der Waals surface area contributed by atoms with Crippen molar-refractivity contribution in [2.24, 2.45) is 0 Å². The van der Waals surface area contributed by atoms with Crippen LogP contribution in [-0.2, 0) is 12.7 Å². The molecule has 4 rings (SSSR count). The molecule has 33 heavy (non-hydrogen) atoms. The molecule has 1 atom stereocenters. The van der Waals surface area contributed by atoms with E-state index < -0.39 is 28.8 Å². The number of rotatable bonds is 5. The monoisotopic (exact) mass is 456 g/mol. The van der Waals surface area contributed by atoms with Crippen LogP contribution in [0, 0.1) is 6.92 Å². The Labute approximate surface area is 188 Å². The van der Waals surface area contributed by atoms with Crippen molar-refractivity contribution in [2.45, 2.75) is 32.1 Å². The van der Waals surface area contributed by atoms with Gasteiger partial charge >= 0.3 is 6.18 Å². The van der Waals surface area contributed by atoms with Crippen LogP contribution in [0.25, 0.3) is 5.69 Å². The molecule has 6 nitrogen and oxygen atoms in total. The third-order valence-corrected chi connectivity index (χ3v) is 5.62. The van der Waals surface area contributed by atoms with Crippen LogP contribution in [0.3, 0.4) is 0 Å². The van der Waals surface area contributed by atoms with E-state index in [9.17, 15) is 22.8 Å². The van der Waals surface area contributed by atoms with Gasteiger partial charge in [-0.05, 0) is 31.0 Å². The molecule has 0 radical (unpaired) electrons. The maximum Gasteiger partial charge on any atom is 0.418 e. The highest BCUT2D eigenvalue weighted by Crippen LogP contribution is 2.33. The van der Waals surface area contributed by atoms with E-state index in [1.807, 2.05) is 30.3 Å². The third kappa shape index (κ3) is 5.14. The van der Waals surface area contributed by atoms with E-state index in [2.05, 4.69) is 15.3 Å². The molecule has 9 heteroatoms. The predicted octanol–water partition coefficient (Wildman–Crippen LogP) is 3.56. The summed E-state index contributed by atoms with van der Waals surface area (Å²) in [5.41, 5.74) is -0.850. The highest BCUT2D eigenvalue weighted by Gasteiger charge is 2.34. The van der Waals surface area contributed by atoms with Crippen LogP contribution in [0.4, 0.5) is 13.2 Å². The second-order valence-corrected chi connectivity index (χ2v) is 8.11. The smallest absolute Gasteiger partial charge is 0.346 e. The normalized spacial score (nSPS) is 16.7. The summed E-state index contributed by atoms with van der Waals surface area (Å²) in [4.78, 5) is 27.5. The van der Waals surface area contributed by atoms with Gasteiger partial charge < -0.3 is 5.32 Å². The molecule has 172 valence electrons. The van der Waals surface area contributed by atoms with Crippen LogP contribution in [0.15, 0.2) is 65.5 Å². The van der Waals surface area contributed by atoms with Gasteiger partial charge in [-0.3, -0.25) is 14.5 Å². The molecule has 1 amide bonds. The molecule has 1 N–H and O–H groups in total. The standard InChI is InChI=1S/C24H23F3N4O2/c1-16-13-21(32)22(29-31(16)20-10-6-5-9-19(20)24(25,26)27)23(33)28-18-11-12-30(15-18)14-17-7-3-2-4-8-17/h2-10,13,18H,11-12,14-15H2,1H3,(H,28,33)/t18-/m0/s1. The maximum atomic E-state index is 13.5. The number of hydrogen-bond donors (Lipinski definition) is 1. The fourth-order valence-electron chi connectivity index (χ4n) is 4.04. The van der Waals surface area contributed by atoms with E-state index >= 15 is 0 Å². The zero-order valence-corrected chi connectivity index (χ0v) is 18.0. The first kappa shape index (κ1) is 22.7. The minimum atomic E-state index is -4.61. The highest BCUT2D eigenvalue weighted by atomic mass is 19.4. The van der Waals surface area contributed by atoms with Crippen molar-refractivity contribution >= 4 is 5.91 Å². The number of amides is 1. The second kappa shape index (κ2) is 9.19. The summed E-state index contributed by atoms with van der Waals surface area (Å²) in [6.45, 7) is 3.61. The van der Waals surface area contributed by atoms with Crippen LogP contribution in [-0.4, -0.2) is 39.7 Å². The van der Waals surface area contributed by atoms with Gasteiger partial charge in [-0.15, -0.1) is 0 Å². The van der Waals surface area contributed by atoms with Crippen molar-refractivity contribution in [3.63, 3.8) is 0 Å². The minimum Gasteiger partial charge on any atom is -0.346 e. The Bertz CT molecular complexity index is 1210. The number of likely N-dealkylation sites (tertiary alicyclic amines) is 1. The summed E-state index contributed by atoms with van der Waals surface area (Å²) in [5, 5.41) is 6.84. The van der Waals surface area contributed by atoms with Crippen LogP contribution in [0.2, 0.25) is 0 Å². The zero-order chi connectivity index (χ0) is 23.6. The molecule has 3 aromatic rings. The average molecular weight is 456 g/mol. The highest BCUT2D eigenvalue weighted by molar-refractivity contribution is 5.92. The molecule has 1 fully saturated rings. The quantitative estimate of drug-likeness (QED) is 0.638. The number of aryl methyl sites for hydroxylation is 1. The first-order valence-electron chi connectivity index (χ1n) is 10.6. The SMILES string of the molecule is Cc1cc(=O)c(C(=O)N[C@H]2CCN(Cc3ccccc3)C2)nn1-c1ccccc1C(F)(F)F. The summed E-state index contributed by atoms with van der Waals surface area (Å²) in [7, 11) is 0.